The maximum absolute atomic E-state index is 13.0. The molecule has 1 heterocycles. The van der Waals surface area contributed by atoms with Gasteiger partial charge in [0.2, 0.25) is 5.91 Å². The van der Waals surface area contributed by atoms with Crippen LogP contribution < -0.4 is 10.6 Å². The average Bonchev–Trinajstić information content (AvgIpc) is 3.17. The molecule has 1 aliphatic heterocycles. The van der Waals surface area contributed by atoms with Crippen molar-refractivity contribution in [2.45, 2.75) is 39.0 Å². The fourth-order valence-electron chi connectivity index (χ4n) is 3.36. The van der Waals surface area contributed by atoms with Crippen molar-refractivity contribution < 1.29 is 23.9 Å². The predicted octanol–water partition coefficient (Wildman–Crippen LogP) is 3.79. The van der Waals surface area contributed by atoms with Crippen LogP contribution in [0, 0.1) is 5.92 Å². The number of benzene rings is 2. The van der Waals surface area contributed by atoms with Crippen molar-refractivity contribution in [3.63, 3.8) is 0 Å². The Morgan fingerprint density at radius 2 is 1.59 bits per heavy atom. The predicted molar refractivity (Wildman–Crippen MR) is 120 cm³/mol. The van der Waals surface area contributed by atoms with E-state index < -0.39 is 29.7 Å². The van der Waals surface area contributed by atoms with Crippen LogP contribution in [0.15, 0.2) is 60.7 Å². The maximum Gasteiger partial charge on any atom is 0.410 e. The van der Waals surface area contributed by atoms with Gasteiger partial charge in [-0.25, -0.2) is 9.59 Å². The summed E-state index contributed by atoms with van der Waals surface area (Å²) < 4.78 is 10.7. The normalized spacial score (nSPS) is 18.0. The lowest BCUT2D eigenvalue weighted by molar-refractivity contribution is -0.119. The number of nitrogens with zero attached hydrogens (tertiary/aromatic N) is 1. The molecule has 170 valence electrons. The molecule has 2 N–H and O–H groups in total. The lowest BCUT2D eigenvalue weighted by Gasteiger charge is -2.24. The van der Waals surface area contributed by atoms with Gasteiger partial charge in [-0.1, -0.05) is 48.5 Å². The first-order chi connectivity index (χ1) is 15.2. The highest BCUT2D eigenvalue weighted by Crippen LogP contribution is 2.22. The van der Waals surface area contributed by atoms with Crippen molar-refractivity contribution in [1.82, 2.24) is 10.2 Å². The van der Waals surface area contributed by atoms with Gasteiger partial charge in [-0.15, -0.1) is 0 Å². The van der Waals surface area contributed by atoms with Crippen LogP contribution in [0.3, 0.4) is 0 Å². The van der Waals surface area contributed by atoms with Crippen LogP contribution in [0.25, 0.3) is 0 Å². The third-order valence-corrected chi connectivity index (χ3v) is 4.87. The number of anilines is 1. The Balaban J connectivity index is 1.66. The number of carbonyl (C=O) groups is 3. The van der Waals surface area contributed by atoms with E-state index in [2.05, 4.69) is 10.6 Å². The van der Waals surface area contributed by atoms with Crippen molar-refractivity contribution >= 4 is 23.8 Å². The minimum Gasteiger partial charge on any atom is -0.445 e. The first kappa shape index (κ1) is 23.1. The van der Waals surface area contributed by atoms with Gasteiger partial charge in [0.25, 0.3) is 0 Å². The van der Waals surface area contributed by atoms with E-state index in [1.54, 1.807) is 32.9 Å². The van der Waals surface area contributed by atoms with E-state index in [9.17, 15) is 14.4 Å². The number of carbonyl (C=O) groups excluding carboxylic acids is 3. The number of amides is 3. The Kier molecular flexibility index (Phi) is 7.35. The van der Waals surface area contributed by atoms with Gasteiger partial charge in [0, 0.05) is 18.8 Å². The molecule has 0 unspecified atom stereocenters. The molecular weight excluding hydrogens is 410 g/mol. The summed E-state index contributed by atoms with van der Waals surface area (Å²) in [5.74, 6) is -0.956. The lowest BCUT2D eigenvalue weighted by Crippen LogP contribution is -2.44. The van der Waals surface area contributed by atoms with Crippen LogP contribution in [-0.4, -0.2) is 47.7 Å². The van der Waals surface area contributed by atoms with Crippen LogP contribution >= 0.6 is 0 Å². The molecule has 2 atom stereocenters. The zero-order valence-corrected chi connectivity index (χ0v) is 18.5. The number of para-hydroxylation sites is 1. The second kappa shape index (κ2) is 10.2. The Labute approximate surface area is 187 Å². The Morgan fingerprint density at radius 1 is 0.969 bits per heavy atom. The summed E-state index contributed by atoms with van der Waals surface area (Å²) in [6.07, 6.45) is -1.18. The minimum absolute atomic E-state index is 0.107. The van der Waals surface area contributed by atoms with Gasteiger partial charge in [0.1, 0.15) is 12.2 Å². The van der Waals surface area contributed by atoms with Gasteiger partial charge in [-0.2, -0.15) is 0 Å². The summed E-state index contributed by atoms with van der Waals surface area (Å²) in [5, 5.41) is 5.58. The van der Waals surface area contributed by atoms with E-state index in [0.717, 1.165) is 5.56 Å². The molecule has 2 aromatic carbocycles. The van der Waals surface area contributed by atoms with Crippen molar-refractivity contribution in [1.29, 1.82) is 0 Å². The molecule has 3 rings (SSSR count). The standard InChI is InChI=1S/C24H29N3O5/c1-24(2,3)32-23(30)27-14-19(21(28)25-18-12-8-5-9-13-18)20(15-27)26-22(29)31-16-17-10-6-4-7-11-17/h4-13,19-20H,14-16H2,1-3H3,(H,25,28)(H,26,29)/t19-,20-/m1/s1. The largest absolute Gasteiger partial charge is 0.445 e. The quantitative estimate of drug-likeness (QED) is 0.739. The van der Waals surface area contributed by atoms with E-state index in [1.165, 1.54) is 4.90 Å². The topological polar surface area (TPSA) is 97.0 Å². The van der Waals surface area contributed by atoms with Crippen molar-refractivity contribution in [3.8, 4) is 0 Å². The summed E-state index contributed by atoms with van der Waals surface area (Å²) in [6, 6.07) is 17.7. The highest BCUT2D eigenvalue weighted by Gasteiger charge is 2.42. The highest BCUT2D eigenvalue weighted by molar-refractivity contribution is 5.94. The van der Waals surface area contributed by atoms with Crippen LogP contribution in [0.1, 0.15) is 26.3 Å². The number of nitrogens with one attached hydrogen (secondary N) is 2. The third-order valence-electron chi connectivity index (χ3n) is 4.87. The number of likely N-dealkylation sites (tertiary alicyclic amines) is 1. The molecule has 1 aliphatic rings. The molecule has 1 saturated heterocycles. The molecule has 8 heteroatoms. The molecule has 0 radical (unpaired) electrons. The smallest absolute Gasteiger partial charge is 0.410 e. The van der Waals surface area contributed by atoms with E-state index in [-0.39, 0.29) is 25.6 Å². The Morgan fingerprint density at radius 3 is 2.22 bits per heavy atom. The number of ether oxygens (including phenoxy) is 2. The number of rotatable bonds is 5. The Bertz CT molecular complexity index is 928. The fraction of sp³-hybridized carbons (Fsp3) is 0.375. The number of hydrogen-bond acceptors (Lipinski definition) is 5. The first-order valence-corrected chi connectivity index (χ1v) is 10.5. The summed E-state index contributed by atoms with van der Waals surface area (Å²) in [4.78, 5) is 39.4. The molecule has 0 aromatic heterocycles. The molecule has 3 amide bonds. The molecule has 0 aliphatic carbocycles. The first-order valence-electron chi connectivity index (χ1n) is 10.5. The number of alkyl carbamates (subject to hydrolysis) is 1. The van der Waals surface area contributed by atoms with Crippen LogP contribution in [0.4, 0.5) is 15.3 Å². The molecule has 2 aromatic rings. The van der Waals surface area contributed by atoms with E-state index in [0.29, 0.717) is 5.69 Å². The fourth-order valence-corrected chi connectivity index (χ4v) is 3.36. The SMILES string of the molecule is CC(C)(C)OC(=O)N1C[C@@H](NC(=O)OCc2ccccc2)[C@H](C(=O)Nc2ccccc2)C1. The molecule has 0 spiro atoms. The van der Waals surface area contributed by atoms with E-state index in [1.807, 2.05) is 48.5 Å². The summed E-state index contributed by atoms with van der Waals surface area (Å²) in [7, 11) is 0. The summed E-state index contributed by atoms with van der Waals surface area (Å²) >= 11 is 0. The Hall–Kier alpha value is -3.55. The van der Waals surface area contributed by atoms with Gasteiger partial charge >= 0.3 is 12.2 Å². The van der Waals surface area contributed by atoms with Gasteiger partial charge < -0.3 is 25.0 Å². The molecule has 1 fully saturated rings. The highest BCUT2D eigenvalue weighted by atomic mass is 16.6. The van der Waals surface area contributed by atoms with Crippen molar-refractivity contribution in [2.24, 2.45) is 5.92 Å². The van der Waals surface area contributed by atoms with E-state index in [4.69, 9.17) is 9.47 Å². The van der Waals surface area contributed by atoms with Gasteiger partial charge in [-0.3, -0.25) is 4.79 Å². The second-order valence-corrected chi connectivity index (χ2v) is 8.66. The second-order valence-electron chi connectivity index (χ2n) is 8.66. The van der Waals surface area contributed by atoms with E-state index >= 15 is 0 Å². The monoisotopic (exact) mass is 439 g/mol. The lowest BCUT2D eigenvalue weighted by atomic mass is 10.0. The zero-order chi connectivity index (χ0) is 23.1. The molecule has 32 heavy (non-hydrogen) atoms. The molecule has 8 nitrogen and oxygen atoms in total. The van der Waals surface area contributed by atoms with Gasteiger partial charge in [0.15, 0.2) is 0 Å². The minimum atomic E-state index is -0.668. The maximum atomic E-state index is 13.0. The summed E-state index contributed by atoms with van der Waals surface area (Å²) in [5.41, 5.74) is 0.820. The summed E-state index contributed by atoms with van der Waals surface area (Å²) in [6.45, 7) is 5.70. The van der Waals surface area contributed by atoms with Gasteiger partial charge in [-0.05, 0) is 38.5 Å². The van der Waals surface area contributed by atoms with Crippen molar-refractivity contribution in [3.05, 3.63) is 66.2 Å². The third kappa shape index (κ3) is 6.73. The van der Waals surface area contributed by atoms with Crippen LogP contribution in [0.5, 0.6) is 0 Å². The van der Waals surface area contributed by atoms with Crippen LogP contribution in [-0.2, 0) is 20.9 Å². The molecule has 0 bridgehead atoms. The molecular formula is C24H29N3O5. The number of hydrogen-bond donors (Lipinski definition) is 2. The van der Waals surface area contributed by atoms with Crippen LogP contribution in [0.2, 0.25) is 0 Å². The zero-order valence-electron chi connectivity index (χ0n) is 18.5. The van der Waals surface area contributed by atoms with Gasteiger partial charge in [0.05, 0.1) is 12.0 Å². The van der Waals surface area contributed by atoms with Crippen molar-refractivity contribution in [2.75, 3.05) is 18.4 Å². The average molecular weight is 440 g/mol. The molecule has 0 saturated carbocycles.